The molecule has 0 radical (unpaired) electrons. The van der Waals surface area contributed by atoms with E-state index in [1.165, 1.54) is 12.8 Å². The molecule has 1 aliphatic rings. The van der Waals surface area contributed by atoms with Gasteiger partial charge in [-0.3, -0.25) is 0 Å². The Balaban J connectivity index is 1.78. The van der Waals surface area contributed by atoms with Crippen molar-refractivity contribution in [3.63, 3.8) is 0 Å². The van der Waals surface area contributed by atoms with Gasteiger partial charge in [0.05, 0.1) is 12.3 Å². The smallest absolute Gasteiger partial charge is 0.161 e. The van der Waals surface area contributed by atoms with Crippen LogP contribution in [-0.2, 0) is 11.3 Å². The highest BCUT2D eigenvalue weighted by atomic mass is 35.5. The largest absolute Gasteiger partial charge is 0.378 e. The molecule has 0 spiro atoms. The lowest BCUT2D eigenvalue weighted by molar-refractivity contribution is 0.181. The molecule has 0 saturated carbocycles. The molecule has 24 heavy (non-hydrogen) atoms. The van der Waals surface area contributed by atoms with E-state index in [2.05, 4.69) is 20.6 Å². The summed E-state index contributed by atoms with van der Waals surface area (Å²) in [6.07, 6.45) is 2.49. The van der Waals surface area contributed by atoms with Crippen LogP contribution >= 0.6 is 11.6 Å². The first kappa shape index (κ1) is 17.1. The minimum Gasteiger partial charge on any atom is -0.378 e. The molecule has 2 N–H and O–H groups in total. The summed E-state index contributed by atoms with van der Waals surface area (Å²) in [6.45, 7) is 3.56. The van der Waals surface area contributed by atoms with Crippen molar-refractivity contribution in [1.29, 1.82) is 0 Å². The molecule has 0 bridgehead atoms. The highest BCUT2D eigenvalue weighted by molar-refractivity contribution is 6.30. The number of aromatic nitrogens is 2. The van der Waals surface area contributed by atoms with Crippen LogP contribution in [0.3, 0.4) is 0 Å². The van der Waals surface area contributed by atoms with Gasteiger partial charge in [-0.15, -0.1) is 0 Å². The Morgan fingerprint density at radius 3 is 2.83 bits per heavy atom. The predicted octanol–water partition coefficient (Wildman–Crippen LogP) is 3.35. The van der Waals surface area contributed by atoms with Gasteiger partial charge in [-0.2, -0.15) is 0 Å². The highest BCUT2D eigenvalue weighted by Crippen LogP contribution is 2.21. The van der Waals surface area contributed by atoms with Crippen LogP contribution in [0, 0.1) is 5.92 Å². The molecule has 0 amide bonds. The van der Waals surface area contributed by atoms with E-state index in [-0.39, 0.29) is 0 Å². The lowest BCUT2D eigenvalue weighted by Gasteiger charge is -2.23. The molecule has 2 aromatic rings. The Morgan fingerprint density at radius 1 is 1.29 bits per heavy atom. The van der Waals surface area contributed by atoms with E-state index in [9.17, 15) is 0 Å². The Kier molecular flexibility index (Phi) is 6.01. The van der Waals surface area contributed by atoms with E-state index in [1.807, 2.05) is 30.3 Å². The van der Waals surface area contributed by atoms with Gasteiger partial charge in [0.25, 0.3) is 0 Å². The number of nitrogens with one attached hydrogen (secondary N) is 2. The number of halogens is 1. The maximum Gasteiger partial charge on any atom is 0.161 e. The first-order chi connectivity index (χ1) is 11.7. The molecule has 1 aromatic heterocycles. The Labute approximate surface area is 147 Å². The van der Waals surface area contributed by atoms with Crippen molar-refractivity contribution >= 4 is 17.4 Å². The van der Waals surface area contributed by atoms with Crippen LogP contribution in [0.4, 0.5) is 5.82 Å². The molecule has 1 unspecified atom stereocenters. The van der Waals surface area contributed by atoms with Gasteiger partial charge in [-0.05, 0) is 56.1 Å². The summed E-state index contributed by atoms with van der Waals surface area (Å²) < 4.78 is 5.24. The summed E-state index contributed by atoms with van der Waals surface area (Å²) in [7, 11) is 1.67. The number of hydrogen-bond donors (Lipinski definition) is 2. The molecule has 1 fully saturated rings. The van der Waals surface area contributed by atoms with E-state index in [4.69, 9.17) is 16.3 Å². The van der Waals surface area contributed by atoms with Gasteiger partial charge in [0, 0.05) is 30.3 Å². The fourth-order valence-electron chi connectivity index (χ4n) is 2.89. The Hall–Kier alpha value is -1.69. The van der Waals surface area contributed by atoms with E-state index in [0.29, 0.717) is 23.4 Å². The van der Waals surface area contributed by atoms with Crippen LogP contribution in [0.1, 0.15) is 18.5 Å². The van der Waals surface area contributed by atoms with Gasteiger partial charge in [0.2, 0.25) is 0 Å². The molecule has 5 nitrogen and oxygen atoms in total. The quantitative estimate of drug-likeness (QED) is 0.840. The average molecular weight is 347 g/mol. The molecule has 2 heterocycles. The van der Waals surface area contributed by atoms with Crippen LogP contribution < -0.4 is 10.6 Å². The van der Waals surface area contributed by atoms with Gasteiger partial charge < -0.3 is 15.4 Å². The zero-order valence-corrected chi connectivity index (χ0v) is 14.6. The average Bonchev–Trinajstić information content (AvgIpc) is 2.62. The molecular formula is C18H23ClN4O. The molecular weight excluding hydrogens is 324 g/mol. The van der Waals surface area contributed by atoms with Gasteiger partial charge in [-0.1, -0.05) is 11.6 Å². The predicted molar refractivity (Wildman–Crippen MR) is 97.3 cm³/mol. The number of nitrogens with zero attached hydrogens (tertiary/aromatic N) is 2. The SMILES string of the molecule is COCc1cc(NCC2CCCNC2)nc(-c2ccc(Cl)cc2)n1. The van der Waals surface area contributed by atoms with Crippen molar-refractivity contribution in [2.75, 3.05) is 32.1 Å². The van der Waals surface area contributed by atoms with Crippen LogP contribution in [0.2, 0.25) is 5.02 Å². The van der Waals surface area contributed by atoms with Crippen LogP contribution in [0.15, 0.2) is 30.3 Å². The number of benzene rings is 1. The third-order valence-electron chi connectivity index (χ3n) is 4.14. The summed E-state index contributed by atoms with van der Waals surface area (Å²) in [5.41, 5.74) is 1.81. The van der Waals surface area contributed by atoms with Crippen LogP contribution in [0.5, 0.6) is 0 Å². The van der Waals surface area contributed by atoms with Crippen LogP contribution in [-0.4, -0.2) is 36.7 Å². The maximum atomic E-state index is 5.97. The second-order valence-electron chi connectivity index (χ2n) is 6.10. The summed E-state index contributed by atoms with van der Waals surface area (Å²) in [5.74, 6) is 2.16. The van der Waals surface area contributed by atoms with Gasteiger partial charge in [0.15, 0.2) is 5.82 Å². The second-order valence-corrected chi connectivity index (χ2v) is 6.54. The second kappa shape index (κ2) is 8.42. The van der Waals surface area contributed by atoms with Gasteiger partial charge in [0.1, 0.15) is 5.82 Å². The number of ether oxygens (including phenoxy) is 1. The summed E-state index contributed by atoms with van der Waals surface area (Å²) in [5, 5.41) is 7.61. The van der Waals surface area contributed by atoms with E-state index >= 15 is 0 Å². The fraction of sp³-hybridized carbons (Fsp3) is 0.444. The van der Waals surface area contributed by atoms with Crippen molar-refractivity contribution in [1.82, 2.24) is 15.3 Å². The third kappa shape index (κ3) is 4.66. The Morgan fingerprint density at radius 2 is 2.12 bits per heavy atom. The van der Waals surface area contributed by atoms with Gasteiger partial charge in [-0.25, -0.2) is 9.97 Å². The maximum absolute atomic E-state index is 5.97. The normalized spacial score (nSPS) is 17.7. The van der Waals surface area contributed by atoms with Crippen LogP contribution in [0.25, 0.3) is 11.4 Å². The highest BCUT2D eigenvalue weighted by Gasteiger charge is 2.13. The van der Waals surface area contributed by atoms with E-state index in [0.717, 1.165) is 36.7 Å². The lowest BCUT2D eigenvalue weighted by atomic mass is 10.00. The van der Waals surface area contributed by atoms with Crippen molar-refractivity contribution in [3.8, 4) is 11.4 Å². The minimum atomic E-state index is 0.461. The van der Waals surface area contributed by atoms with Crippen molar-refractivity contribution in [3.05, 3.63) is 41.0 Å². The summed E-state index contributed by atoms with van der Waals surface area (Å²) >= 11 is 5.97. The van der Waals surface area contributed by atoms with Crippen molar-refractivity contribution in [2.45, 2.75) is 19.4 Å². The first-order valence-electron chi connectivity index (χ1n) is 8.32. The van der Waals surface area contributed by atoms with E-state index < -0.39 is 0 Å². The summed E-state index contributed by atoms with van der Waals surface area (Å²) in [6, 6.07) is 9.53. The number of methoxy groups -OCH3 is 1. The Bertz CT molecular complexity index is 657. The number of piperidine rings is 1. The molecule has 1 saturated heterocycles. The summed E-state index contributed by atoms with van der Waals surface area (Å²) in [4.78, 5) is 9.24. The monoisotopic (exact) mass is 346 g/mol. The molecule has 6 heteroatoms. The molecule has 128 valence electrons. The standard InChI is InChI=1S/C18H23ClN4O/c1-24-12-16-9-17(21-11-13-3-2-8-20-10-13)23-18(22-16)14-4-6-15(19)7-5-14/h4-7,9,13,20H,2-3,8,10-12H2,1H3,(H,21,22,23). The number of anilines is 1. The minimum absolute atomic E-state index is 0.461. The zero-order valence-electron chi connectivity index (χ0n) is 13.9. The molecule has 1 atom stereocenters. The van der Waals surface area contributed by atoms with Crippen molar-refractivity contribution in [2.24, 2.45) is 5.92 Å². The third-order valence-corrected chi connectivity index (χ3v) is 4.40. The fourth-order valence-corrected chi connectivity index (χ4v) is 3.01. The molecule has 0 aliphatic carbocycles. The number of hydrogen-bond acceptors (Lipinski definition) is 5. The van der Waals surface area contributed by atoms with Gasteiger partial charge >= 0.3 is 0 Å². The topological polar surface area (TPSA) is 59.1 Å². The van der Waals surface area contributed by atoms with E-state index in [1.54, 1.807) is 7.11 Å². The number of rotatable bonds is 6. The molecule has 3 rings (SSSR count). The molecule has 1 aromatic carbocycles. The van der Waals surface area contributed by atoms with Crippen molar-refractivity contribution < 1.29 is 4.74 Å². The molecule has 1 aliphatic heterocycles. The zero-order chi connectivity index (χ0) is 16.8. The lowest BCUT2D eigenvalue weighted by Crippen LogP contribution is -2.33. The first-order valence-corrected chi connectivity index (χ1v) is 8.70.